The minimum atomic E-state index is 0.511. The lowest BCUT2D eigenvalue weighted by molar-refractivity contribution is 0.652. The van der Waals surface area contributed by atoms with Crippen LogP contribution in [0.5, 0.6) is 0 Å². The third kappa shape index (κ3) is 3.86. The molecular formula is C30H31N3. The van der Waals surface area contributed by atoms with Crippen LogP contribution in [0.4, 0.5) is 11.4 Å². The molecule has 0 radical (unpaired) electrons. The predicted molar refractivity (Wildman–Crippen MR) is 138 cm³/mol. The van der Waals surface area contributed by atoms with E-state index in [1.54, 1.807) is 0 Å². The van der Waals surface area contributed by atoms with Crippen molar-refractivity contribution < 1.29 is 0 Å². The fourth-order valence-corrected chi connectivity index (χ4v) is 5.58. The van der Waals surface area contributed by atoms with Crippen LogP contribution in [0.15, 0.2) is 72.8 Å². The second-order valence-electron chi connectivity index (χ2n) is 9.81. The Balaban J connectivity index is 1.52. The van der Waals surface area contributed by atoms with Crippen molar-refractivity contribution in [3.05, 3.63) is 101 Å². The molecule has 0 N–H and O–H groups in total. The number of hydrogen-bond acceptors (Lipinski definition) is 3. The minimum Gasteiger partial charge on any atom is -0.366 e. The first-order valence-electron chi connectivity index (χ1n) is 12.2. The lowest BCUT2D eigenvalue weighted by Crippen LogP contribution is -2.32. The maximum atomic E-state index is 5.20. The molecule has 1 saturated heterocycles. The SMILES string of the molecule is Cc1ccc(CN2Cc3cc4ccccc4nc3CC3CCCN3c3cc(C)ccc32)cc1. The molecule has 3 aromatic carbocycles. The van der Waals surface area contributed by atoms with Crippen molar-refractivity contribution in [1.29, 1.82) is 0 Å². The van der Waals surface area contributed by atoms with Gasteiger partial charge in [-0.1, -0.05) is 54.1 Å². The van der Waals surface area contributed by atoms with E-state index in [1.165, 1.54) is 57.6 Å². The Labute approximate surface area is 196 Å². The third-order valence-electron chi connectivity index (χ3n) is 7.33. The monoisotopic (exact) mass is 433 g/mol. The Morgan fingerprint density at radius 2 is 1.70 bits per heavy atom. The molecule has 0 aliphatic carbocycles. The van der Waals surface area contributed by atoms with Crippen LogP contribution in [0, 0.1) is 13.8 Å². The summed E-state index contributed by atoms with van der Waals surface area (Å²) in [5.74, 6) is 0. The van der Waals surface area contributed by atoms with Crippen LogP contribution in [0.3, 0.4) is 0 Å². The highest BCUT2D eigenvalue weighted by Crippen LogP contribution is 2.39. The number of benzene rings is 3. The highest BCUT2D eigenvalue weighted by molar-refractivity contribution is 5.80. The van der Waals surface area contributed by atoms with Gasteiger partial charge in [-0.3, -0.25) is 4.98 Å². The van der Waals surface area contributed by atoms with Crippen LogP contribution >= 0.6 is 0 Å². The van der Waals surface area contributed by atoms with Gasteiger partial charge in [0.05, 0.1) is 16.9 Å². The lowest BCUT2D eigenvalue weighted by Gasteiger charge is -2.32. The Morgan fingerprint density at radius 1 is 0.879 bits per heavy atom. The highest BCUT2D eigenvalue weighted by atomic mass is 15.2. The van der Waals surface area contributed by atoms with E-state index < -0.39 is 0 Å². The summed E-state index contributed by atoms with van der Waals surface area (Å²) in [7, 11) is 0. The van der Waals surface area contributed by atoms with Crippen LogP contribution in [-0.2, 0) is 19.5 Å². The zero-order valence-corrected chi connectivity index (χ0v) is 19.6. The molecule has 3 nitrogen and oxygen atoms in total. The van der Waals surface area contributed by atoms with E-state index in [2.05, 4.69) is 96.4 Å². The fraction of sp³-hybridized carbons (Fsp3) is 0.300. The van der Waals surface area contributed by atoms with Gasteiger partial charge < -0.3 is 9.80 Å². The van der Waals surface area contributed by atoms with E-state index in [9.17, 15) is 0 Å². The summed E-state index contributed by atoms with van der Waals surface area (Å²) in [5, 5.41) is 1.23. The fourth-order valence-electron chi connectivity index (χ4n) is 5.58. The van der Waals surface area contributed by atoms with Crippen molar-refractivity contribution in [3.8, 4) is 0 Å². The summed E-state index contributed by atoms with van der Waals surface area (Å²) in [6, 6.07) is 27.5. The van der Waals surface area contributed by atoms with Gasteiger partial charge in [-0.2, -0.15) is 0 Å². The highest BCUT2D eigenvalue weighted by Gasteiger charge is 2.31. The zero-order chi connectivity index (χ0) is 22.4. The number of nitrogens with zero attached hydrogens (tertiary/aromatic N) is 3. The zero-order valence-electron chi connectivity index (χ0n) is 19.6. The van der Waals surface area contributed by atoms with E-state index >= 15 is 0 Å². The number of pyridine rings is 1. The predicted octanol–water partition coefficient (Wildman–Crippen LogP) is 6.58. The first-order chi connectivity index (χ1) is 16.1. The van der Waals surface area contributed by atoms with Crippen molar-refractivity contribution in [2.45, 2.75) is 52.2 Å². The molecule has 2 aliphatic rings. The summed E-state index contributed by atoms with van der Waals surface area (Å²) < 4.78 is 0. The maximum absolute atomic E-state index is 5.20. The van der Waals surface area contributed by atoms with E-state index in [0.717, 1.165) is 31.6 Å². The standard InChI is InChI=1S/C30H31N3/c1-21-9-12-23(13-10-21)19-32-20-25-17-24-6-3-4-8-27(24)31-28(25)18-26-7-5-15-33(26)30-16-22(2)11-14-29(30)32/h3-4,6,8-14,16-17,26H,5,7,15,18-20H2,1-2H3. The molecule has 1 aromatic heterocycles. The minimum absolute atomic E-state index is 0.511. The van der Waals surface area contributed by atoms with Crippen LogP contribution in [0.1, 0.15) is 40.8 Å². The molecule has 0 bridgehead atoms. The van der Waals surface area contributed by atoms with E-state index in [1.807, 2.05) is 0 Å². The molecule has 3 heteroatoms. The van der Waals surface area contributed by atoms with Crippen molar-refractivity contribution in [2.24, 2.45) is 0 Å². The second kappa shape index (κ2) is 8.22. The number of hydrogen-bond donors (Lipinski definition) is 0. The van der Waals surface area contributed by atoms with Gasteiger partial charge in [-0.05, 0) is 67.6 Å². The maximum Gasteiger partial charge on any atom is 0.0705 e. The van der Waals surface area contributed by atoms with Crippen LogP contribution in [0.2, 0.25) is 0 Å². The third-order valence-corrected chi connectivity index (χ3v) is 7.33. The summed E-state index contributed by atoms with van der Waals surface area (Å²) in [6.45, 7) is 7.26. The van der Waals surface area contributed by atoms with Gasteiger partial charge in [-0.15, -0.1) is 0 Å². The Kier molecular flexibility index (Phi) is 5.05. The van der Waals surface area contributed by atoms with Gasteiger partial charge in [-0.25, -0.2) is 0 Å². The number of para-hydroxylation sites is 1. The van der Waals surface area contributed by atoms with Crippen molar-refractivity contribution in [2.75, 3.05) is 16.3 Å². The van der Waals surface area contributed by atoms with Gasteiger partial charge in [0, 0.05) is 43.2 Å². The smallest absolute Gasteiger partial charge is 0.0705 e. The van der Waals surface area contributed by atoms with Crippen molar-refractivity contribution >= 4 is 22.3 Å². The topological polar surface area (TPSA) is 19.4 Å². The summed E-state index contributed by atoms with van der Waals surface area (Å²) >= 11 is 0. The molecule has 2 aliphatic heterocycles. The molecule has 1 unspecified atom stereocenters. The van der Waals surface area contributed by atoms with Crippen molar-refractivity contribution in [1.82, 2.24) is 4.98 Å². The van der Waals surface area contributed by atoms with Crippen LogP contribution in [-0.4, -0.2) is 17.6 Å². The molecule has 33 heavy (non-hydrogen) atoms. The number of rotatable bonds is 2. The number of aryl methyl sites for hydroxylation is 2. The molecule has 4 aromatic rings. The van der Waals surface area contributed by atoms with Crippen LogP contribution in [0.25, 0.3) is 10.9 Å². The molecule has 3 heterocycles. The van der Waals surface area contributed by atoms with Gasteiger partial charge in [0.2, 0.25) is 0 Å². The first-order valence-corrected chi connectivity index (χ1v) is 12.2. The van der Waals surface area contributed by atoms with E-state index in [4.69, 9.17) is 4.98 Å². The quantitative estimate of drug-likeness (QED) is 0.356. The molecule has 1 fully saturated rings. The normalized spacial score (nSPS) is 17.7. The molecule has 0 spiro atoms. The van der Waals surface area contributed by atoms with Crippen LogP contribution < -0.4 is 9.80 Å². The molecule has 1 atom stereocenters. The molecule has 0 amide bonds. The Morgan fingerprint density at radius 3 is 2.58 bits per heavy atom. The van der Waals surface area contributed by atoms with E-state index in [0.29, 0.717) is 6.04 Å². The molecule has 0 saturated carbocycles. The summed E-state index contributed by atoms with van der Waals surface area (Å²) in [5.41, 5.74) is 10.5. The Hall–Kier alpha value is -3.33. The second-order valence-corrected chi connectivity index (χ2v) is 9.81. The average molecular weight is 434 g/mol. The van der Waals surface area contributed by atoms with Gasteiger partial charge in [0.25, 0.3) is 0 Å². The average Bonchev–Trinajstić information content (AvgIpc) is 3.29. The number of anilines is 2. The number of aromatic nitrogens is 1. The lowest BCUT2D eigenvalue weighted by atomic mass is 10.0. The first kappa shape index (κ1) is 20.3. The summed E-state index contributed by atoms with van der Waals surface area (Å²) in [4.78, 5) is 10.4. The molecular weight excluding hydrogens is 402 g/mol. The van der Waals surface area contributed by atoms with Gasteiger partial charge in [0.15, 0.2) is 0 Å². The number of fused-ring (bicyclic) bond motifs is 5. The Bertz CT molecular complexity index is 1310. The molecule has 6 rings (SSSR count). The summed E-state index contributed by atoms with van der Waals surface area (Å²) in [6.07, 6.45) is 3.50. The molecule has 166 valence electrons. The van der Waals surface area contributed by atoms with E-state index in [-0.39, 0.29) is 0 Å². The van der Waals surface area contributed by atoms with Gasteiger partial charge >= 0.3 is 0 Å². The van der Waals surface area contributed by atoms with Crippen molar-refractivity contribution in [3.63, 3.8) is 0 Å². The largest absolute Gasteiger partial charge is 0.366 e. The van der Waals surface area contributed by atoms with Gasteiger partial charge in [0.1, 0.15) is 0 Å².